The lowest BCUT2D eigenvalue weighted by molar-refractivity contribution is -0.0165. The molecule has 0 radical (unpaired) electrons. The molecule has 0 aromatic heterocycles. The van der Waals surface area contributed by atoms with Gasteiger partial charge in [0.25, 0.3) is 0 Å². The van der Waals surface area contributed by atoms with Gasteiger partial charge in [0.2, 0.25) is 0 Å². The standard InChI is InChI=1S/C10H21NO2/c1-9(2)11-5-4-6-13-8-10(11,3)7-12/h9,12H,4-8H2,1-3H3/t10-/m0/s1. The molecule has 1 rings (SSSR count). The highest BCUT2D eigenvalue weighted by Gasteiger charge is 2.34. The number of nitrogens with zero attached hydrogens (tertiary/aromatic N) is 1. The van der Waals surface area contributed by atoms with E-state index >= 15 is 0 Å². The van der Waals surface area contributed by atoms with Crippen molar-refractivity contribution in [1.82, 2.24) is 4.90 Å². The van der Waals surface area contributed by atoms with Crippen molar-refractivity contribution < 1.29 is 9.84 Å². The van der Waals surface area contributed by atoms with Crippen molar-refractivity contribution >= 4 is 0 Å². The number of aliphatic hydroxyl groups is 1. The molecule has 1 atom stereocenters. The molecule has 1 N–H and O–H groups in total. The van der Waals surface area contributed by atoms with Crippen LogP contribution in [0, 0.1) is 0 Å². The van der Waals surface area contributed by atoms with E-state index in [0.717, 1.165) is 19.6 Å². The van der Waals surface area contributed by atoms with Gasteiger partial charge < -0.3 is 9.84 Å². The van der Waals surface area contributed by atoms with Crippen LogP contribution in [0.2, 0.25) is 0 Å². The molecule has 78 valence electrons. The van der Waals surface area contributed by atoms with Gasteiger partial charge in [0.05, 0.1) is 18.8 Å². The zero-order chi connectivity index (χ0) is 9.90. The van der Waals surface area contributed by atoms with Crippen molar-refractivity contribution in [2.24, 2.45) is 0 Å². The Hall–Kier alpha value is -0.120. The summed E-state index contributed by atoms with van der Waals surface area (Å²) in [6.45, 7) is 9.05. The molecule has 1 heterocycles. The number of rotatable bonds is 2. The average Bonchev–Trinajstić information content (AvgIpc) is 2.27. The first-order valence-electron chi connectivity index (χ1n) is 5.05. The summed E-state index contributed by atoms with van der Waals surface area (Å²) in [5.41, 5.74) is -0.190. The van der Waals surface area contributed by atoms with E-state index in [9.17, 15) is 5.11 Å². The number of hydrogen-bond donors (Lipinski definition) is 1. The second-order valence-corrected chi connectivity index (χ2v) is 4.35. The molecule has 0 aromatic carbocycles. The Kier molecular flexibility index (Phi) is 3.71. The van der Waals surface area contributed by atoms with Crippen molar-refractivity contribution in [3.63, 3.8) is 0 Å². The van der Waals surface area contributed by atoms with Crippen LogP contribution in [-0.2, 0) is 4.74 Å². The molecule has 3 nitrogen and oxygen atoms in total. The summed E-state index contributed by atoms with van der Waals surface area (Å²) in [5, 5.41) is 9.37. The molecule has 0 spiro atoms. The van der Waals surface area contributed by atoms with E-state index in [4.69, 9.17) is 4.74 Å². The maximum atomic E-state index is 9.37. The molecular weight excluding hydrogens is 166 g/mol. The molecule has 0 amide bonds. The second kappa shape index (κ2) is 4.40. The van der Waals surface area contributed by atoms with Gasteiger partial charge in [-0.2, -0.15) is 0 Å². The maximum absolute atomic E-state index is 9.37. The van der Waals surface area contributed by atoms with Crippen molar-refractivity contribution in [1.29, 1.82) is 0 Å². The van der Waals surface area contributed by atoms with Crippen LogP contribution in [0.1, 0.15) is 27.2 Å². The fraction of sp³-hybridized carbons (Fsp3) is 1.00. The summed E-state index contributed by atoms with van der Waals surface area (Å²) >= 11 is 0. The van der Waals surface area contributed by atoms with Gasteiger partial charge >= 0.3 is 0 Å². The minimum atomic E-state index is -0.190. The zero-order valence-corrected chi connectivity index (χ0v) is 8.92. The van der Waals surface area contributed by atoms with Gasteiger partial charge in [-0.25, -0.2) is 0 Å². The Bertz CT molecular complexity index is 161. The fourth-order valence-electron chi connectivity index (χ4n) is 2.00. The Balaban J connectivity index is 2.72. The van der Waals surface area contributed by atoms with Gasteiger partial charge in [-0.05, 0) is 27.2 Å². The Morgan fingerprint density at radius 2 is 2.23 bits per heavy atom. The van der Waals surface area contributed by atoms with Crippen LogP contribution in [0.5, 0.6) is 0 Å². The van der Waals surface area contributed by atoms with Crippen LogP contribution >= 0.6 is 0 Å². The van der Waals surface area contributed by atoms with E-state index in [1.165, 1.54) is 0 Å². The molecule has 0 aromatic rings. The highest BCUT2D eigenvalue weighted by Crippen LogP contribution is 2.21. The summed E-state index contributed by atoms with van der Waals surface area (Å²) in [6.07, 6.45) is 1.06. The van der Waals surface area contributed by atoms with Crippen LogP contribution in [0.15, 0.2) is 0 Å². The van der Waals surface area contributed by atoms with Crippen molar-refractivity contribution in [3.05, 3.63) is 0 Å². The third-order valence-corrected chi connectivity index (χ3v) is 2.76. The summed E-state index contributed by atoms with van der Waals surface area (Å²) in [7, 11) is 0. The lowest BCUT2D eigenvalue weighted by Gasteiger charge is -2.40. The molecule has 0 aliphatic carbocycles. The van der Waals surface area contributed by atoms with E-state index in [1.54, 1.807) is 0 Å². The van der Waals surface area contributed by atoms with Gasteiger partial charge in [-0.15, -0.1) is 0 Å². The summed E-state index contributed by atoms with van der Waals surface area (Å²) in [6, 6.07) is 0.471. The van der Waals surface area contributed by atoms with Crippen LogP contribution in [0.3, 0.4) is 0 Å². The summed E-state index contributed by atoms with van der Waals surface area (Å²) in [5.74, 6) is 0. The van der Waals surface area contributed by atoms with E-state index in [-0.39, 0.29) is 12.1 Å². The first-order valence-corrected chi connectivity index (χ1v) is 5.05. The minimum absolute atomic E-state index is 0.172. The average molecular weight is 187 g/mol. The molecular formula is C10H21NO2. The molecule has 0 unspecified atom stereocenters. The van der Waals surface area contributed by atoms with Crippen LogP contribution in [0.25, 0.3) is 0 Å². The predicted molar refractivity (Wildman–Crippen MR) is 52.8 cm³/mol. The van der Waals surface area contributed by atoms with Crippen molar-refractivity contribution in [2.75, 3.05) is 26.4 Å². The fourth-order valence-corrected chi connectivity index (χ4v) is 2.00. The smallest absolute Gasteiger partial charge is 0.0670 e. The molecule has 1 aliphatic heterocycles. The normalized spacial score (nSPS) is 32.1. The SMILES string of the molecule is CC(C)N1CCCOC[C@]1(C)CO. The molecule has 0 saturated carbocycles. The van der Waals surface area contributed by atoms with Crippen LogP contribution in [-0.4, -0.2) is 48.0 Å². The monoisotopic (exact) mass is 187 g/mol. The lowest BCUT2D eigenvalue weighted by Crippen LogP contribution is -2.54. The summed E-state index contributed by atoms with van der Waals surface area (Å²) in [4.78, 5) is 2.33. The topological polar surface area (TPSA) is 32.7 Å². The molecule has 0 bridgehead atoms. The summed E-state index contributed by atoms with van der Waals surface area (Å²) < 4.78 is 5.48. The maximum Gasteiger partial charge on any atom is 0.0670 e. The van der Waals surface area contributed by atoms with Crippen molar-refractivity contribution in [3.8, 4) is 0 Å². The third-order valence-electron chi connectivity index (χ3n) is 2.76. The van der Waals surface area contributed by atoms with Gasteiger partial charge in [0.1, 0.15) is 0 Å². The quantitative estimate of drug-likeness (QED) is 0.696. The second-order valence-electron chi connectivity index (χ2n) is 4.35. The van der Waals surface area contributed by atoms with Gasteiger partial charge in [0.15, 0.2) is 0 Å². The molecule has 3 heteroatoms. The Labute approximate surface area is 80.7 Å². The molecule has 1 saturated heterocycles. The number of ether oxygens (including phenoxy) is 1. The highest BCUT2D eigenvalue weighted by atomic mass is 16.5. The number of aliphatic hydroxyl groups excluding tert-OH is 1. The predicted octanol–water partition coefficient (Wildman–Crippen LogP) is 0.868. The van der Waals surface area contributed by atoms with E-state index in [2.05, 4.69) is 25.7 Å². The van der Waals surface area contributed by atoms with Crippen LogP contribution < -0.4 is 0 Å². The van der Waals surface area contributed by atoms with E-state index < -0.39 is 0 Å². The lowest BCUT2D eigenvalue weighted by atomic mass is 10.0. The number of hydrogen-bond acceptors (Lipinski definition) is 3. The van der Waals surface area contributed by atoms with Gasteiger partial charge in [-0.1, -0.05) is 0 Å². The molecule has 13 heavy (non-hydrogen) atoms. The van der Waals surface area contributed by atoms with Crippen LogP contribution in [0.4, 0.5) is 0 Å². The van der Waals surface area contributed by atoms with E-state index in [0.29, 0.717) is 12.6 Å². The zero-order valence-electron chi connectivity index (χ0n) is 8.92. The van der Waals surface area contributed by atoms with Crippen molar-refractivity contribution in [2.45, 2.75) is 38.8 Å². The minimum Gasteiger partial charge on any atom is -0.394 e. The Morgan fingerprint density at radius 3 is 2.77 bits per heavy atom. The first kappa shape index (κ1) is 11.0. The first-order chi connectivity index (χ1) is 6.10. The van der Waals surface area contributed by atoms with E-state index in [1.807, 2.05) is 0 Å². The third kappa shape index (κ3) is 2.42. The largest absolute Gasteiger partial charge is 0.394 e. The van der Waals surface area contributed by atoms with Gasteiger partial charge in [0, 0.05) is 19.2 Å². The molecule has 1 aliphatic rings. The molecule has 1 fully saturated rings. The highest BCUT2D eigenvalue weighted by molar-refractivity contribution is 4.89. The van der Waals surface area contributed by atoms with Gasteiger partial charge in [-0.3, -0.25) is 4.90 Å². The Morgan fingerprint density at radius 1 is 1.54 bits per heavy atom.